The molecule has 2 aliphatic rings. The van der Waals surface area contributed by atoms with Crippen LogP contribution < -0.4 is 5.32 Å². The zero-order chi connectivity index (χ0) is 15.8. The predicted molar refractivity (Wildman–Crippen MR) is 89.9 cm³/mol. The molecule has 4 heteroatoms. The number of carbonyl (C=O) groups excluding carboxylic acids is 1. The second kappa shape index (κ2) is 9.51. The molecular formula is C18H34N2O2. The lowest BCUT2D eigenvalue weighted by atomic mass is 9.96. The maximum atomic E-state index is 12.7. The van der Waals surface area contributed by atoms with Crippen molar-refractivity contribution in [2.24, 2.45) is 5.92 Å². The molecule has 1 saturated heterocycles. The Labute approximate surface area is 136 Å². The van der Waals surface area contributed by atoms with Crippen LogP contribution in [-0.2, 0) is 9.53 Å². The maximum Gasteiger partial charge on any atom is 0.251 e. The molecule has 128 valence electrons. The average Bonchev–Trinajstić information content (AvgIpc) is 2.58. The fraction of sp³-hybridized carbons (Fsp3) is 0.944. The Morgan fingerprint density at radius 1 is 1.14 bits per heavy atom. The topological polar surface area (TPSA) is 41.6 Å². The van der Waals surface area contributed by atoms with Gasteiger partial charge in [-0.25, -0.2) is 0 Å². The third-order valence-corrected chi connectivity index (χ3v) is 5.16. The van der Waals surface area contributed by atoms with Gasteiger partial charge < -0.3 is 15.0 Å². The summed E-state index contributed by atoms with van der Waals surface area (Å²) >= 11 is 0. The van der Waals surface area contributed by atoms with E-state index < -0.39 is 0 Å². The molecule has 0 spiro atoms. The molecule has 0 aromatic rings. The average molecular weight is 310 g/mol. The van der Waals surface area contributed by atoms with Crippen molar-refractivity contribution < 1.29 is 9.53 Å². The summed E-state index contributed by atoms with van der Waals surface area (Å²) in [5.41, 5.74) is 0. The van der Waals surface area contributed by atoms with E-state index in [2.05, 4.69) is 19.2 Å². The fourth-order valence-electron chi connectivity index (χ4n) is 3.67. The van der Waals surface area contributed by atoms with E-state index in [0.717, 1.165) is 64.2 Å². The van der Waals surface area contributed by atoms with Crippen molar-refractivity contribution in [1.82, 2.24) is 10.2 Å². The van der Waals surface area contributed by atoms with Gasteiger partial charge in [0.05, 0.1) is 6.10 Å². The van der Waals surface area contributed by atoms with Crippen LogP contribution in [0.4, 0.5) is 0 Å². The Morgan fingerprint density at radius 3 is 2.41 bits per heavy atom. The molecule has 2 rings (SSSR count). The van der Waals surface area contributed by atoms with Gasteiger partial charge in [0, 0.05) is 13.1 Å². The summed E-state index contributed by atoms with van der Waals surface area (Å²) in [5.74, 6) is 0.957. The molecule has 2 fully saturated rings. The Bertz CT molecular complexity index is 321. The number of carbonyl (C=O) groups is 1. The molecule has 1 N–H and O–H groups in total. The van der Waals surface area contributed by atoms with Crippen LogP contribution in [0.1, 0.15) is 65.2 Å². The van der Waals surface area contributed by atoms with Crippen molar-refractivity contribution >= 4 is 5.91 Å². The number of hydrogen-bond acceptors (Lipinski definition) is 3. The monoisotopic (exact) mass is 310 g/mol. The van der Waals surface area contributed by atoms with E-state index in [1.165, 1.54) is 19.3 Å². The minimum Gasteiger partial charge on any atom is -0.365 e. The summed E-state index contributed by atoms with van der Waals surface area (Å²) in [6, 6.07) is 0. The molecule has 1 unspecified atom stereocenters. The molecule has 1 saturated carbocycles. The first-order valence-corrected chi connectivity index (χ1v) is 9.39. The number of amides is 1. The highest BCUT2D eigenvalue weighted by Gasteiger charge is 2.29. The number of likely N-dealkylation sites (tertiary alicyclic amines) is 1. The number of rotatable bonds is 7. The van der Waals surface area contributed by atoms with Gasteiger partial charge in [0.15, 0.2) is 0 Å². The summed E-state index contributed by atoms with van der Waals surface area (Å²) in [6.45, 7) is 8.15. The third-order valence-electron chi connectivity index (χ3n) is 5.16. The smallest absolute Gasteiger partial charge is 0.251 e. The van der Waals surface area contributed by atoms with E-state index in [1.54, 1.807) is 0 Å². The molecule has 1 heterocycles. The molecule has 1 aliphatic heterocycles. The van der Waals surface area contributed by atoms with Crippen molar-refractivity contribution in [3.63, 3.8) is 0 Å². The van der Waals surface area contributed by atoms with E-state index in [-0.39, 0.29) is 12.0 Å². The zero-order valence-corrected chi connectivity index (χ0v) is 14.5. The van der Waals surface area contributed by atoms with Gasteiger partial charge in [-0.05, 0) is 51.1 Å². The summed E-state index contributed by atoms with van der Waals surface area (Å²) in [6.07, 6.45) is 9.25. The summed E-state index contributed by atoms with van der Waals surface area (Å²) in [4.78, 5) is 14.8. The molecule has 1 aliphatic carbocycles. The quantitative estimate of drug-likeness (QED) is 0.786. The Morgan fingerprint density at radius 2 is 1.82 bits per heavy atom. The number of hydrogen-bond donors (Lipinski definition) is 1. The molecule has 0 aromatic heterocycles. The number of piperidine rings is 1. The van der Waals surface area contributed by atoms with Crippen LogP contribution in [-0.4, -0.2) is 49.2 Å². The molecule has 0 aromatic carbocycles. The zero-order valence-electron chi connectivity index (χ0n) is 14.5. The number of ether oxygens (including phenoxy) is 1. The highest BCUT2D eigenvalue weighted by atomic mass is 16.5. The normalized spacial score (nSPS) is 22.7. The Hall–Kier alpha value is -0.610. The molecule has 1 atom stereocenters. The van der Waals surface area contributed by atoms with Gasteiger partial charge in [-0.15, -0.1) is 0 Å². The first kappa shape index (κ1) is 17.7. The lowest BCUT2D eigenvalue weighted by Crippen LogP contribution is -2.46. The minimum atomic E-state index is -0.214. The standard InChI is InChI=1S/C18H34N2O2/c1-3-17(22-16-8-6-5-7-9-16)18(21)20-12-10-15(11-13-20)14-19-4-2/h15-17,19H,3-14H2,1-2H3. The highest BCUT2D eigenvalue weighted by Crippen LogP contribution is 2.24. The Kier molecular flexibility index (Phi) is 7.67. The summed E-state index contributed by atoms with van der Waals surface area (Å²) in [7, 11) is 0. The van der Waals surface area contributed by atoms with Crippen LogP contribution in [0.2, 0.25) is 0 Å². The third kappa shape index (κ3) is 5.24. The first-order chi connectivity index (χ1) is 10.7. The van der Waals surface area contributed by atoms with Crippen molar-refractivity contribution in [2.75, 3.05) is 26.2 Å². The molecular weight excluding hydrogens is 276 g/mol. The Balaban J connectivity index is 1.76. The van der Waals surface area contributed by atoms with Crippen LogP contribution in [0.15, 0.2) is 0 Å². The van der Waals surface area contributed by atoms with Crippen molar-refractivity contribution in [3.05, 3.63) is 0 Å². The highest BCUT2D eigenvalue weighted by molar-refractivity contribution is 5.81. The number of nitrogens with one attached hydrogen (secondary N) is 1. The molecule has 1 amide bonds. The lowest BCUT2D eigenvalue weighted by Gasteiger charge is -2.35. The van der Waals surface area contributed by atoms with E-state index in [4.69, 9.17) is 4.74 Å². The lowest BCUT2D eigenvalue weighted by molar-refractivity contribution is -0.150. The van der Waals surface area contributed by atoms with Crippen LogP contribution in [0.5, 0.6) is 0 Å². The van der Waals surface area contributed by atoms with Gasteiger partial charge in [-0.1, -0.05) is 33.1 Å². The van der Waals surface area contributed by atoms with E-state index in [0.29, 0.717) is 6.10 Å². The summed E-state index contributed by atoms with van der Waals surface area (Å²) < 4.78 is 6.14. The van der Waals surface area contributed by atoms with E-state index in [9.17, 15) is 4.79 Å². The second-order valence-corrected chi connectivity index (χ2v) is 6.87. The largest absolute Gasteiger partial charge is 0.365 e. The van der Waals surface area contributed by atoms with Gasteiger partial charge in [-0.2, -0.15) is 0 Å². The minimum absolute atomic E-state index is 0.214. The van der Waals surface area contributed by atoms with Gasteiger partial charge in [-0.3, -0.25) is 4.79 Å². The van der Waals surface area contributed by atoms with Crippen molar-refractivity contribution in [1.29, 1.82) is 0 Å². The van der Waals surface area contributed by atoms with Crippen molar-refractivity contribution in [3.8, 4) is 0 Å². The maximum absolute atomic E-state index is 12.7. The number of nitrogens with zero attached hydrogens (tertiary/aromatic N) is 1. The van der Waals surface area contributed by atoms with Gasteiger partial charge in [0.2, 0.25) is 0 Å². The van der Waals surface area contributed by atoms with Crippen LogP contribution in [0.3, 0.4) is 0 Å². The fourth-order valence-corrected chi connectivity index (χ4v) is 3.67. The van der Waals surface area contributed by atoms with Gasteiger partial charge >= 0.3 is 0 Å². The van der Waals surface area contributed by atoms with Crippen molar-refractivity contribution in [2.45, 2.75) is 77.4 Å². The van der Waals surface area contributed by atoms with Gasteiger partial charge in [0.25, 0.3) is 5.91 Å². The van der Waals surface area contributed by atoms with E-state index >= 15 is 0 Å². The SMILES string of the molecule is CCNCC1CCN(C(=O)C(CC)OC2CCCCC2)CC1. The second-order valence-electron chi connectivity index (χ2n) is 6.87. The van der Waals surface area contributed by atoms with Crippen LogP contribution in [0, 0.1) is 5.92 Å². The van der Waals surface area contributed by atoms with Crippen LogP contribution >= 0.6 is 0 Å². The molecule has 4 nitrogen and oxygen atoms in total. The molecule has 0 bridgehead atoms. The van der Waals surface area contributed by atoms with Gasteiger partial charge in [0.1, 0.15) is 6.10 Å². The first-order valence-electron chi connectivity index (χ1n) is 9.39. The summed E-state index contributed by atoms with van der Waals surface area (Å²) in [5, 5.41) is 3.42. The molecule has 0 radical (unpaired) electrons. The molecule has 22 heavy (non-hydrogen) atoms. The van der Waals surface area contributed by atoms with E-state index in [1.807, 2.05) is 4.90 Å². The van der Waals surface area contributed by atoms with Crippen LogP contribution in [0.25, 0.3) is 0 Å². The predicted octanol–water partition coefficient (Wildman–Crippen LogP) is 2.96.